The van der Waals surface area contributed by atoms with Crippen LogP contribution in [0.4, 0.5) is 0 Å². The number of aliphatic hydroxyl groups excluding tert-OH is 1. The Morgan fingerprint density at radius 3 is 1.79 bits per heavy atom. The van der Waals surface area contributed by atoms with Gasteiger partial charge in [0.15, 0.2) is 0 Å². The molecule has 6 heteroatoms. The maximum absolute atomic E-state index is 10.6. The van der Waals surface area contributed by atoms with Crippen molar-refractivity contribution in [2.45, 2.75) is 96.0 Å². The minimum absolute atomic E-state index is 0.0189. The SMILES string of the molecule is C=C(COCC(O)COC/C=C/CC/C=C/CCCCCCCCCCCCC=O)C(=O)O. The van der Waals surface area contributed by atoms with Crippen LogP contribution in [-0.4, -0.2) is 55.0 Å². The number of aliphatic hydroxyl groups is 1. The zero-order valence-electron chi connectivity index (χ0n) is 20.4. The van der Waals surface area contributed by atoms with Crippen LogP contribution in [0.3, 0.4) is 0 Å². The van der Waals surface area contributed by atoms with Crippen molar-refractivity contribution in [2.75, 3.05) is 26.4 Å². The highest BCUT2D eigenvalue weighted by Crippen LogP contribution is 2.12. The molecular weight excluding hydrogens is 420 g/mol. The number of carboxylic acids is 1. The normalized spacial score (nSPS) is 12.5. The molecule has 0 aromatic rings. The Bertz CT molecular complexity index is 541. The molecule has 0 aromatic carbocycles. The Morgan fingerprint density at radius 2 is 1.21 bits per heavy atom. The fourth-order valence-corrected chi connectivity index (χ4v) is 3.22. The van der Waals surface area contributed by atoms with Crippen molar-refractivity contribution in [1.29, 1.82) is 0 Å². The molecule has 0 aliphatic heterocycles. The van der Waals surface area contributed by atoms with Gasteiger partial charge < -0.3 is 24.5 Å². The second-order valence-corrected chi connectivity index (χ2v) is 8.41. The first-order valence-corrected chi connectivity index (χ1v) is 12.6. The van der Waals surface area contributed by atoms with E-state index in [-0.39, 0.29) is 25.4 Å². The van der Waals surface area contributed by atoms with Crippen LogP contribution in [0.1, 0.15) is 89.9 Å². The van der Waals surface area contributed by atoms with Crippen LogP contribution in [0.25, 0.3) is 0 Å². The molecule has 0 aliphatic rings. The van der Waals surface area contributed by atoms with E-state index >= 15 is 0 Å². The predicted molar refractivity (Wildman–Crippen MR) is 133 cm³/mol. The summed E-state index contributed by atoms with van der Waals surface area (Å²) < 4.78 is 10.4. The van der Waals surface area contributed by atoms with Crippen LogP contribution in [0, 0.1) is 0 Å². The Kier molecular flexibility index (Phi) is 23.5. The monoisotopic (exact) mass is 466 g/mol. The van der Waals surface area contributed by atoms with Gasteiger partial charge in [0.25, 0.3) is 0 Å². The molecule has 2 N–H and O–H groups in total. The van der Waals surface area contributed by atoms with Gasteiger partial charge in [-0.25, -0.2) is 4.79 Å². The van der Waals surface area contributed by atoms with Gasteiger partial charge in [0, 0.05) is 6.42 Å². The molecule has 0 rings (SSSR count). The number of carbonyl (C=O) groups excluding carboxylic acids is 1. The number of carboxylic acid groups (broad SMARTS) is 1. The topological polar surface area (TPSA) is 93.1 Å². The van der Waals surface area contributed by atoms with Gasteiger partial charge in [0.05, 0.1) is 32.0 Å². The van der Waals surface area contributed by atoms with Crippen molar-refractivity contribution >= 4 is 12.3 Å². The van der Waals surface area contributed by atoms with Gasteiger partial charge in [-0.3, -0.25) is 0 Å². The third-order valence-corrected chi connectivity index (χ3v) is 5.19. The number of aldehydes is 1. The third-order valence-electron chi connectivity index (χ3n) is 5.19. The van der Waals surface area contributed by atoms with Gasteiger partial charge in [-0.1, -0.05) is 82.2 Å². The van der Waals surface area contributed by atoms with Gasteiger partial charge >= 0.3 is 5.97 Å². The first-order valence-electron chi connectivity index (χ1n) is 12.6. The van der Waals surface area contributed by atoms with Crippen LogP contribution in [0.15, 0.2) is 36.5 Å². The molecule has 190 valence electrons. The number of unbranched alkanes of at least 4 members (excludes halogenated alkanes) is 12. The van der Waals surface area contributed by atoms with E-state index < -0.39 is 12.1 Å². The summed E-state index contributed by atoms with van der Waals surface area (Å²) in [7, 11) is 0. The third kappa shape index (κ3) is 24.7. The lowest BCUT2D eigenvalue weighted by Gasteiger charge is -2.10. The lowest BCUT2D eigenvalue weighted by atomic mass is 10.1. The number of hydrogen-bond acceptors (Lipinski definition) is 5. The molecule has 0 radical (unpaired) electrons. The molecule has 0 aliphatic carbocycles. The molecule has 1 atom stereocenters. The van der Waals surface area contributed by atoms with E-state index in [1.54, 1.807) is 0 Å². The second kappa shape index (κ2) is 24.9. The Balaban J connectivity index is 3.33. The van der Waals surface area contributed by atoms with Crippen molar-refractivity contribution in [2.24, 2.45) is 0 Å². The average molecular weight is 467 g/mol. The van der Waals surface area contributed by atoms with Crippen LogP contribution >= 0.6 is 0 Å². The summed E-state index contributed by atoms with van der Waals surface area (Å²) in [6.07, 6.45) is 25.4. The molecule has 0 saturated carbocycles. The molecule has 0 spiro atoms. The van der Waals surface area contributed by atoms with Crippen molar-refractivity contribution in [1.82, 2.24) is 0 Å². The first kappa shape index (κ1) is 31.2. The summed E-state index contributed by atoms with van der Waals surface area (Å²) in [5, 5.41) is 18.3. The lowest BCUT2D eigenvalue weighted by molar-refractivity contribution is -0.133. The van der Waals surface area contributed by atoms with Crippen LogP contribution in [0.2, 0.25) is 0 Å². The summed E-state index contributed by atoms with van der Waals surface area (Å²) in [6, 6.07) is 0. The number of allylic oxidation sites excluding steroid dienone is 3. The number of rotatable bonds is 25. The fourth-order valence-electron chi connectivity index (χ4n) is 3.22. The summed E-state index contributed by atoms with van der Waals surface area (Å²) in [6.45, 7) is 3.84. The summed E-state index contributed by atoms with van der Waals surface area (Å²) in [5.41, 5.74) is -0.0402. The summed E-state index contributed by atoms with van der Waals surface area (Å²) in [5.74, 6) is -1.10. The van der Waals surface area contributed by atoms with Crippen molar-refractivity contribution in [3.05, 3.63) is 36.5 Å². The highest BCUT2D eigenvalue weighted by Gasteiger charge is 2.07. The van der Waals surface area contributed by atoms with Gasteiger partial charge in [0.1, 0.15) is 12.4 Å². The van der Waals surface area contributed by atoms with Crippen LogP contribution < -0.4 is 0 Å². The molecule has 33 heavy (non-hydrogen) atoms. The van der Waals surface area contributed by atoms with Gasteiger partial charge in [0.2, 0.25) is 0 Å². The maximum Gasteiger partial charge on any atom is 0.333 e. The van der Waals surface area contributed by atoms with Gasteiger partial charge in [-0.15, -0.1) is 0 Å². The summed E-state index contributed by atoms with van der Waals surface area (Å²) >= 11 is 0. The maximum atomic E-state index is 10.6. The Morgan fingerprint density at radius 1 is 0.727 bits per heavy atom. The van der Waals surface area contributed by atoms with Crippen molar-refractivity contribution in [3.63, 3.8) is 0 Å². The Hall–Kier alpha value is -1.76. The highest BCUT2D eigenvalue weighted by molar-refractivity contribution is 5.85. The number of aliphatic carboxylic acids is 1. The second-order valence-electron chi connectivity index (χ2n) is 8.41. The molecule has 0 saturated heterocycles. The quantitative estimate of drug-likeness (QED) is 0.0765. The zero-order chi connectivity index (χ0) is 24.4. The molecule has 6 nitrogen and oxygen atoms in total. The van der Waals surface area contributed by atoms with E-state index in [1.807, 2.05) is 6.08 Å². The molecule has 0 bridgehead atoms. The van der Waals surface area contributed by atoms with E-state index in [4.69, 9.17) is 14.6 Å². The summed E-state index contributed by atoms with van der Waals surface area (Å²) in [4.78, 5) is 20.8. The predicted octanol–water partition coefficient (Wildman–Crippen LogP) is 5.79. The fraction of sp³-hybridized carbons (Fsp3) is 0.704. The zero-order valence-corrected chi connectivity index (χ0v) is 20.4. The van der Waals surface area contributed by atoms with Crippen molar-refractivity contribution in [3.8, 4) is 0 Å². The highest BCUT2D eigenvalue weighted by atomic mass is 16.5. The number of carbonyl (C=O) groups is 2. The minimum Gasteiger partial charge on any atom is -0.478 e. The molecule has 0 heterocycles. The first-order chi connectivity index (χ1) is 16.1. The van der Waals surface area contributed by atoms with E-state index in [0.717, 1.165) is 38.4 Å². The smallest absolute Gasteiger partial charge is 0.333 e. The minimum atomic E-state index is -1.10. The van der Waals surface area contributed by atoms with E-state index in [2.05, 4.69) is 24.8 Å². The number of hydrogen-bond donors (Lipinski definition) is 2. The van der Waals surface area contributed by atoms with Crippen molar-refractivity contribution < 1.29 is 29.3 Å². The molecule has 0 aromatic heterocycles. The van der Waals surface area contributed by atoms with Crippen LogP contribution in [-0.2, 0) is 19.1 Å². The average Bonchev–Trinajstić information content (AvgIpc) is 2.79. The van der Waals surface area contributed by atoms with E-state index in [9.17, 15) is 14.7 Å². The van der Waals surface area contributed by atoms with E-state index in [0.29, 0.717) is 6.61 Å². The van der Waals surface area contributed by atoms with E-state index in [1.165, 1.54) is 57.8 Å². The van der Waals surface area contributed by atoms with Crippen LogP contribution in [0.5, 0.6) is 0 Å². The van der Waals surface area contributed by atoms with Gasteiger partial charge in [-0.2, -0.15) is 0 Å². The molecule has 1 unspecified atom stereocenters. The molecule has 0 amide bonds. The lowest BCUT2D eigenvalue weighted by Crippen LogP contribution is -2.23. The number of ether oxygens (including phenoxy) is 2. The Labute approximate surface area is 200 Å². The molecular formula is C27H46O6. The largest absolute Gasteiger partial charge is 0.478 e. The standard InChI is InChI=1S/C27H46O6/c1-25(27(30)31)22-33-24-26(29)23-32-21-19-17-15-13-11-9-7-5-3-2-4-6-8-10-12-14-16-18-20-28/h9,11,17,19-20,26,29H,1-8,10,12-16,18,21-24H2,(H,30,31)/b11-9+,19-17+. The van der Waals surface area contributed by atoms with Gasteiger partial charge in [-0.05, 0) is 32.1 Å². The molecule has 0 fully saturated rings.